The normalized spacial score (nSPS) is 17.1. The molecule has 0 unspecified atom stereocenters. The minimum atomic E-state index is -0.119. The second-order valence-electron chi connectivity index (χ2n) is 6.54. The summed E-state index contributed by atoms with van der Waals surface area (Å²) in [6, 6.07) is 7.93. The van der Waals surface area contributed by atoms with Gasteiger partial charge in [0.25, 0.3) is 0 Å². The van der Waals surface area contributed by atoms with E-state index in [1.165, 1.54) is 0 Å². The minimum Gasteiger partial charge on any atom is -0.338 e. The number of fused-ring (bicyclic) bond motifs is 1. The molecule has 1 aromatic carbocycles. The summed E-state index contributed by atoms with van der Waals surface area (Å²) in [6.45, 7) is 3.85. The van der Waals surface area contributed by atoms with Gasteiger partial charge in [0.15, 0.2) is 5.82 Å². The van der Waals surface area contributed by atoms with Crippen molar-refractivity contribution in [3.63, 3.8) is 0 Å². The number of amides is 2. The van der Waals surface area contributed by atoms with E-state index in [0.29, 0.717) is 24.8 Å². The Morgan fingerprint density at radius 2 is 2.27 bits per heavy atom. The van der Waals surface area contributed by atoms with Crippen molar-refractivity contribution in [1.82, 2.24) is 30.1 Å². The molecule has 136 valence electrons. The fraction of sp³-hybridized carbons (Fsp3) is 0.444. The summed E-state index contributed by atoms with van der Waals surface area (Å²) in [4.78, 5) is 18.6. The Labute approximate surface area is 151 Å². The maximum Gasteiger partial charge on any atom is 0.318 e. The summed E-state index contributed by atoms with van der Waals surface area (Å²) in [6.07, 6.45) is 4.48. The van der Waals surface area contributed by atoms with E-state index in [4.69, 9.17) is 4.52 Å². The number of para-hydroxylation sites is 1. The molecule has 3 aromatic rings. The van der Waals surface area contributed by atoms with E-state index in [1.807, 2.05) is 29.1 Å². The van der Waals surface area contributed by atoms with Crippen LogP contribution in [0.5, 0.6) is 0 Å². The Bertz CT molecular complexity index is 902. The number of nitrogens with zero attached hydrogens (tertiary/aromatic N) is 5. The van der Waals surface area contributed by atoms with Gasteiger partial charge in [-0.15, -0.1) is 0 Å². The maximum atomic E-state index is 12.5. The van der Waals surface area contributed by atoms with Gasteiger partial charge in [0.05, 0.1) is 11.7 Å². The highest BCUT2D eigenvalue weighted by atomic mass is 16.5. The van der Waals surface area contributed by atoms with Crippen molar-refractivity contribution in [2.45, 2.75) is 38.8 Å². The van der Waals surface area contributed by atoms with E-state index in [9.17, 15) is 4.79 Å². The SMILES string of the molecule is Cc1noc([C@@H]2CCCN2C(=O)NCCCn2ncc3ccccc32)n1. The second-order valence-corrected chi connectivity index (χ2v) is 6.54. The Kier molecular flexibility index (Phi) is 4.55. The number of aromatic nitrogens is 4. The van der Waals surface area contributed by atoms with Gasteiger partial charge in [-0.05, 0) is 32.3 Å². The van der Waals surface area contributed by atoms with Crippen molar-refractivity contribution in [3.8, 4) is 0 Å². The first-order valence-electron chi connectivity index (χ1n) is 8.97. The van der Waals surface area contributed by atoms with Crippen molar-refractivity contribution >= 4 is 16.9 Å². The highest BCUT2D eigenvalue weighted by Crippen LogP contribution is 2.30. The number of rotatable bonds is 5. The molecule has 3 heterocycles. The van der Waals surface area contributed by atoms with E-state index >= 15 is 0 Å². The Hall–Kier alpha value is -2.90. The van der Waals surface area contributed by atoms with Crippen molar-refractivity contribution in [2.75, 3.05) is 13.1 Å². The number of hydrogen-bond donors (Lipinski definition) is 1. The molecule has 26 heavy (non-hydrogen) atoms. The Morgan fingerprint density at radius 3 is 3.12 bits per heavy atom. The van der Waals surface area contributed by atoms with Gasteiger partial charge in [0, 0.05) is 25.0 Å². The van der Waals surface area contributed by atoms with E-state index in [2.05, 4.69) is 26.6 Å². The molecule has 1 N–H and O–H groups in total. The lowest BCUT2D eigenvalue weighted by Gasteiger charge is -2.22. The summed E-state index contributed by atoms with van der Waals surface area (Å²) in [7, 11) is 0. The molecule has 1 aliphatic heterocycles. The molecule has 0 saturated carbocycles. The third kappa shape index (κ3) is 3.26. The lowest BCUT2D eigenvalue weighted by Crippen LogP contribution is -2.40. The molecule has 8 nitrogen and oxygen atoms in total. The predicted molar refractivity (Wildman–Crippen MR) is 95.5 cm³/mol. The number of carbonyl (C=O) groups is 1. The fourth-order valence-electron chi connectivity index (χ4n) is 3.44. The molecule has 1 atom stereocenters. The Morgan fingerprint density at radius 1 is 1.38 bits per heavy atom. The van der Waals surface area contributed by atoms with Gasteiger partial charge >= 0.3 is 6.03 Å². The summed E-state index contributed by atoms with van der Waals surface area (Å²) in [5.41, 5.74) is 1.12. The van der Waals surface area contributed by atoms with Crippen LogP contribution in [0, 0.1) is 6.92 Å². The van der Waals surface area contributed by atoms with Crippen LogP contribution in [0.1, 0.15) is 37.0 Å². The molecular formula is C18H22N6O2. The van der Waals surface area contributed by atoms with Crippen LogP contribution in [0.2, 0.25) is 0 Å². The van der Waals surface area contributed by atoms with Crippen LogP contribution in [-0.4, -0.2) is 43.9 Å². The Balaban J connectivity index is 1.30. The zero-order valence-corrected chi connectivity index (χ0v) is 14.8. The van der Waals surface area contributed by atoms with Crippen LogP contribution >= 0.6 is 0 Å². The molecule has 0 spiro atoms. The zero-order chi connectivity index (χ0) is 17.9. The quantitative estimate of drug-likeness (QED) is 0.712. The van der Waals surface area contributed by atoms with Crippen molar-refractivity contribution in [3.05, 3.63) is 42.2 Å². The number of hydrogen-bond acceptors (Lipinski definition) is 5. The molecule has 0 bridgehead atoms. The number of aryl methyl sites for hydroxylation is 2. The average Bonchev–Trinajstić information content (AvgIpc) is 3.37. The van der Waals surface area contributed by atoms with Crippen molar-refractivity contribution < 1.29 is 9.32 Å². The van der Waals surface area contributed by atoms with Gasteiger partial charge < -0.3 is 14.7 Å². The van der Waals surface area contributed by atoms with Gasteiger partial charge in [-0.2, -0.15) is 10.1 Å². The monoisotopic (exact) mass is 354 g/mol. The molecule has 1 fully saturated rings. The average molecular weight is 354 g/mol. The number of urea groups is 1. The third-order valence-corrected chi connectivity index (χ3v) is 4.72. The first-order chi connectivity index (χ1) is 12.7. The van der Waals surface area contributed by atoms with Gasteiger partial charge in [-0.25, -0.2) is 4.79 Å². The smallest absolute Gasteiger partial charge is 0.318 e. The third-order valence-electron chi connectivity index (χ3n) is 4.72. The standard InChI is InChI=1S/C18H22N6O2/c1-13-21-17(26-22-13)16-8-4-10-23(16)18(25)19-9-5-11-24-15-7-3-2-6-14(15)12-20-24/h2-3,6-7,12,16H,4-5,8-11H2,1H3,(H,19,25)/t16-/m0/s1. The maximum absolute atomic E-state index is 12.5. The largest absolute Gasteiger partial charge is 0.338 e. The predicted octanol–water partition coefficient (Wildman–Crippen LogP) is 2.66. The van der Waals surface area contributed by atoms with E-state index < -0.39 is 0 Å². The molecular weight excluding hydrogens is 332 g/mol. The number of benzene rings is 1. The van der Waals surface area contributed by atoms with Crippen LogP contribution < -0.4 is 5.32 Å². The first-order valence-corrected chi connectivity index (χ1v) is 8.97. The highest BCUT2D eigenvalue weighted by molar-refractivity contribution is 5.78. The summed E-state index contributed by atoms with van der Waals surface area (Å²) in [5, 5.41) is 12.4. The van der Waals surface area contributed by atoms with Crippen LogP contribution in [0.4, 0.5) is 4.79 Å². The first kappa shape index (κ1) is 16.6. The van der Waals surface area contributed by atoms with Gasteiger partial charge in [0.1, 0.15) is 6.04 Å². The second kappa shape index (κ2) is 7.15. The lowest BCUT2D eigenvalue weighted by atomic mass is 10.2. The highest BCUT2D eigenvalue weighted by Gasteiger charge is 2.33. The summed E-state index contributed by atoms with van der Waals surface area (Å²) in [5.74, 6) is 1.12. The molecule has 1 saturated heterocycles. The van der Waals surface area contributed by atoms with Crippen molar-refractivity contribution in [2.24, 2.45) is 0 Å². The summed E-state index contributed by atoms with van der Waals surface area (Å²) < 4.78 is 7.22. The number of carbonyl (C=O) groups excluding carboxylic acids is 1. The van der Waals surface area contributed by atoms with Crippen LogP contribution in [0.15, 0.2) is 35.0 Å². The molecule has 4 rings (SSSR count). The molecule has 8 heteroatoms. The van der Waals surface area contributed by atoms with E-state index in [-0.39, 0.29) is 12.1 Å². The zero-order valence-electron chi connectivity index (χ0n) is 14.8. The molecule has 0 radical (unpaired) electrons. The lowest BCUT2D eigenvalue weighted by molar-refractivity contribution is 0.180. The number of likely N-dealkylation sites (tertiary alicyclic amines) is 1. The van der Waals surface area contributed by atoms with Gasteiger partial charge in [-0.3, -0.25) is 4.68 Å². The van der Waals surface area contributed by atoms with E-state index in [1.54, 1.807) is 11.8 Å². The molecule has 1 aliphatic rings. The van der Waals surface area contributed by atoms with Gasteiger partial charge in [-0.1, -0.05) is 23.4 Å². The molecule has 2 aromatic heterocycles. The van der Waals surface area contributed by atoms with Crippen molar-refractivity contribution in [1.29, 1.82) is 0 Å². The number of nitrogens with one attached hydrogen (secondary N) is 1. The fourth-order valence-corrected chi connectivity index (χ4v) is 3.44. The van der Waals surface area contributed by atoms with Crippen LogP contribution in [0.3, 0.4) is 0 Å². The molecule has 0 aliphatic carbocycles. The summed E-state index contributed by atoms with van der Waals surface area (Å²) >= 11 is 0. The van der Waals surface area contributed by atoms with Crippen LogP contribution in [-0.2, 0) is 6.54 Å². The minimum absolute atomic E-state index is 0.0753. The van der Waals surface area contributed by atoms with E-state index in [0.717, 1.165) is 36.7 Å². The van der Waals surface area contributed by atoms with Gasteiger partial charge in [0.2, 0.25) is 5.89 Å². The van der Waals surface area contributed by atoms with Crippen LogP contribution in [0.25, 0.3) is 10.9 Å². The topological polar surface area (TPSA) is 89.1 Å². The molecule has 2 amide bonds.